The third-order valence-corrected chi connectivity index (χ3v) is 10.3. The summed E-state index contributed by atoms with van der Waals surface area (Å²) in [6, 6.07) is 16.6. The van der Waals surface area contributed by atoms with Crippen LogP contribution in [-0.2, 0) is 20.2 Å². The minimum absolute atomic E-state index is 0.0623. The number of carbonyl (C=O) groups is 1. The van der Waals surface area contributed by atoms with Crippen molar-refractivity contribution in [2.24, 2.45) is 5.92 Å². The van der Waals surface area contributed by atoms with Crippen LogP contribution < -0.4 is 4.72 Å². The van der Waals surface area contributed by atoms with E-state index in [0.29, 0.717) is 11.4 Å². The minimum Gasteiger partial charge on any atom is -0.480 e. The maximum Gasteiger partial charge on any atom is 0.325 e. The molecule has 1 saturated carbocycles. The monoisotopic (exact) mass is 477 g/mol. The SMILES string of the molecule is CC(C)C1(c2ccccc2)CC1(NS(=O)(=O)C1CC=C(c2ccc(Cl)cc2)S1)C(=O)O. The van der Waals surface area contributed by atoms with Gasteiger partial charge in [-0.1, -0.05) is 74.0 Å². The van der Waals surface area contributed by atoms with Gasteiger partial charge in [0.2, 0.25) is 10.0 Å². The molecule has 1 fully saturated rings. The number of aliphatic carboxylic acids is 1. The molecule has 5 nitrogen and oxygen atoms in total. The van der Waals surface area contributed by atoms with Crippen LogP contribution in [0.5, 0.6) is 0 Å². The topological polar surface area (TPSA) is 83.5 Å². The Balaban J connectivity index is 1.60. The number of sulfonamides is 1. The molecule has 0 radical (unpaired) electrons. The first-order valence-corrected chi connectivity index (χ1v) is 12.9. The molecule has 1 heterocycles. The molecule has 2 aliphatic rings. The summed E-state index contributed by atoms with van der Waals surface area (Å²) in [6.07, 6.45) is 2.42. The fraction of sp³-hybridized carbons (Fsp3) is 0.348. The van der Waals surface area contributed by atoms with Gasteiger partial charge < -0.3 is 5.11 Å². The molecule has 2 N–H and O–H groups in total. The van der Waals surface area contributed by atoms with E-state index in [1.807, 2.05) is 62.4 Å². The van der Waals surface area contributed by atoms with E-state index >= 15 is 0 Å². The predicted octanol–water partition coefficient (Wildman–Crippen LogP) is 4.88. The van der Waals surface area contributed by atoms with Crippen molar-refractivity contribution in [1.82, 2.24) is 4.72 Å². The first kappa shape index (κ1) is 22.4. The number of hydrogen-bond donors (Lipinski definition) is 2. The highest BCUT2D eigenvalue weighted by atomic mass is 35.5. The number of nitrogens with one attached hydrogen (secondary N) is 1. The lowest BCUT2D eigenvalue weighted by Crippen LogP contribution is -2.52. The summed E-state index contributed by atoms with van der Waals surface area (Å²) >= 11 is 7.18. The third-order valence-electron chi connectivity index (χ3n) is 6.37. The minimum atomic E-state index is -3.91. The zero-order valence-electron chi connectivity index (χ0n) is 17.2. The second-order valence-electron chi connectivity index (χ2n) is 8.38. The van der Waals surface area contributed by atoms with Gasteiger partial charge in [0.15, 0.2) is 0 Å². The van der Waals surface area contributed by atoms with Gasteiger partial charge >= 0.3 is 5.97 Å². The number of benzene rings is 2. The molecule has 0 saturated heterocycles. The highest BCUT2D eigenvalue weighted by Gasteiger charge is 2.76. The lowest BCUT2D eigenvalue weighted by Gasteiger charge is -2.28. The van der Waals surface area contributed by atoms with Crippen LogP contribution in [0.1, 0.15) is 37.8 Å². The quantitative estimate of drug-likeness (QED) is 0.593. The average Bonchev–Trinajstić information content (AvgIpc) is 3.15. The van der Waals surface area contributed by atoms with Gasteiger partial charge in [-0.2, -0.15) is 4.72 Å². The van der Waals surface area contributed by atoms with E-state index in [0.717, 1.165) is 16.0 Å². The van der Waals surface area contributed by atoms with Gasteiger partial charge in [-0.15, -0.1) is 11.8 Å². The fourth-order valence-corrected chi connectivity index (χ4v) is 8.00. The van der Waals surface area contributed by atoms with Crippen molar-refractivity contribution in [3.8, 4) is 0 Å². The summed E-state index contributed by atoms with van der Waals surface area (Å²) in [5, 5.41) is 10.8. The molecule has 1 aliphatic heterocycles. The molecule has 31 heavy (non-hydrogen) atoms. The zero-order valence-corrected chi connectivity index (χ0v) is 19.6. The van der Waals surface area contributed by atoms with Crippen molar-refractivity contribution < 1.29 is 18.3 Å². The van der Waals surface area contributed by atoms with Crippen LogP contribution >= 0.6 is 23.4 Å². The van der Waals surface area contributed by atoms with Crippen molar-refractivity contribution in [2.75, 3.05) is 0 Å². The van der Waals surface area contributed by atoms with Crippen LogP contribution in [0.3, 0.4) is 0 Å². The average molecular weight is 478 g/mol. The van der Waals surface area contributed by atoms with E-state index in [1.165, 1.54) is 11.8 Å². The number of thioether (sulfide) groups is 1. The maximum absolute atomic E-state index is 13.3. The number of carboxylic acids is 1. The Bertz CT molecular complexity index is 1130. The molecule has 4 rings (SSSR count). The van der Waals surface area contributed by atoms with Gasteiger partial charge in [0, 0.05) is 15.3 Å². The first-order valence-electron chi connectivity index (χ1n) is 10.1. The molecule has 3 unspecified atom stereocenters. The smallest absolute Gasteiger partial charge is 0.325 e. The van der Waals surface area contributed by atoms with Crippen molar-refractivity contribution in [3.05, 3.63) is 76.8 Å². The molecule has 0 aromatic heterocycles. The lowest BCUT2D eigenvalue weighted by molar-refractivity contribution is -0.141. The fourth-order valence-electron chi connectivity index (χ4n) is 4.67. The van der Waals surface area contributed by atoms with Crippen LogP contribution in [0.25, 0.3) is 4.91 Å². The highest BCUT2D eigenvalue weighted by molar-refractivity contribution is 8.18. The maximum atomic E-state index is 13.3. The Hall–Kier alpha value is -1.80. The molecule has 3 atom stereocenters. The van der Waals surface area contributed by atoms with E-state index in [2.05, 4.69) is 4.72 Å². The Morgan fingerprint density at radius 3 is 2.39 bits per heavy atom. The molecule has 8 heteroatoms. The normalized spacial score (nSPS) is 27.9. The molecule has 2 aromatic rings. The molecule has 2 aromatic carbocycles. The summed E-state index contributed by atoms with van der Waals surface area (Å²) in [4.78, 5) is 13.3. The Labute approximate surface area is 191 Å². The van der Waals surface area contributed by atoms with Gasteiger partial charge in [-0.3, -0.25) is 4.79 Å². The summed E-state index contributed by atoms with van der Waals surface area (Å²) in [5.74, 6) is -1.20. The number of hydrogen-bond acceptors (Lipinski definition) is 4. The number of allylic oxidation sites excluding steroid dienone is 1. The van der Waals surface area contributed by atoms with Crippen LogP contribution in [-0.4, -0.2) is 29.6 Å². The molecule has 0 amide bonds. The van der Waals surface area contributed by atoms with Gasteiger partial charge in [0.25, 0.3) is 0 Å². The van der Waals surface area contributed by atoms with Crippen LogP contribution in [0, 0.1) is 5.92 Å². The van der Waals surface area contributed by atoms with Crippen molar-refractivity contribution in [3.63, 3.8) is 0 Å². The number of carboxylic acid groups (broad SMARTS) is 1. The van der Waals surface area contributed by atoms with Gasteiger partial charge in [-0.05, 0) is 42.0 Å². The van der Waals surface area contributed by atoms with E-state index in [9.17, 15) is 18.3 Å². The number of rotatable bonds is 7. The van der Waals surface area contributed by atoms with Crippen LogP contribution in [0.2, 0.25) is 5.02 Å². The lowest BCUT2D eigenvalue weighted by atomic mass is 9.81. The Morgan fingerprint density at radius 2 is 1.81 bits per heavy atom. The summed E-state index contributed by atoms with van der Waals surface area (Å²) in [5.41, 5.74) is -0.602. The van der Waals surface area contributed by atoms with Crippen LogP contribution in [0.4, 0.5) is 0 Å². The second-order valence-corrected chi connectivity index (χ2v) is 12.2. The highest BCUT2D eigenvalue weighted by Crippen LogP contribution is 2.63. The van der Waals surface area contributed by atoms with E-state index in [-0.39, 0.29) is 12.3 Å². The third kappa shape index (κ3) is 3.71. The molecule has 164 valence electrons. The van der Waals surface area contributed by atoms with Crippen molar-refractivity contribution in [2.45, 2.75) is 42.2 Å². The second kappa shape index (κ2) is 7.96. The predicted molar refractivity (Wildman–Crippen MR) is 125 cm³/mol. The van der Waals surface area contributed by atoms with Crippen molar-refractivity contribution >= 4 is 44.3 Å². The van der Waals surface area contributed by atoms with Gasteiger partial charge in [0.1, 0.15) is 10.1 Å². The zero-order chi connectivity index (χ0) is 22.4. The molecule has 0 spiro atoms. The standard InChI is InChI=1S/C23H24ClNO4S2/c1-15(2)22(17-6-4-3-5-7-17)14-23(22,21(26)27)25-31(28,29)20-13-12-19(30-20)16-8-10-18(24)11-9-16/h3-12,15,20,25H,13-14H2,1-2H3,(H,26,27). The molecular formula is C23H24ClNO4S2. The van der Waals surface area contributed by atoms with Gasteiger partial charge in [0.05, 0.1) is 0 Å². The van der Waals surface area contributed by atoms with E-state index in [4.69, 9.17) is 11.6 Å². The summed E-state index contributed by atoms with van der Waals surface area (Å²) in [7, 11) is -3.91. The first-order chi connectivity index (χ1) is 14.6. The number of halogens is 1. The van der Waals surface area contributed by atoms with E-state index < -0.39 is 31.5 Å². The summed E-state index contributed by atoms with van der Waals surface area (Å²) < 4.78 is 28.5. The molecule has 0 bridgehead atoms. The van der Waals surface area contributed by atoms with Crippen LogP contribution in [0.15, 0.2) is 60.7 Å². The van der Waals surface area contributed by atoms with E-state index in [1.54, 1.807) is 12.1 Å². The van der Waals surface area contributed by atoms with Gasteiger partial charge in [-0.25, -0.2) is 8.42 Å². The molecular weight excluding hydrogens is 454 g/mol. The Morgan fingerprint density at radius 1 is 1.16 bits per heavy atom. The molecule has 1 aliphatic carbocycles. The summed E-state index contributed by atoms with van der Waals surface area (Å²) in [6.45, 7) is 3.88. The van der Waals surface area contributed by atoms with Crippen molar-refractivity contribution in [1.29, 1.82) is 0 Å². The largest absolute Gasteiger partial charge is 0.480 e. The Kier molecular flexibility index (Phi) is 5.75.